The first kappa shape index (κ1) is 21.6. The van der Waals surface area contributed by atoms with Gasteiger partial charge < -0.3 is 10.6 Å². The molecule has 9 nitrogen and oxygen atoms in total. The molecular formula is C17H17ClF3N7O2. The highest BCUT2D eigenvalue weighted by Crippen LogP contribution is 2.32. The zero-order valence-electron chi connectivity index (χ0n) is 16.1. The van der Waals surface area contributed by atoms with Crippen LogP contribution in [0.4, 0.5) is 18.9 Å². The minimum atomic E-state index is -4.73. The van der Waals surface area contributed by atoms with Crippen LogP contribution in [0.5, 0.6) is 0 Å². The Labute approximate surface area is 173 Å². The molecule has 0 saturated carbocycles. The first-order valence-corrected chi connectivity index (χ1v) is 9.17. The van der Waals surface area contributed by atoms with Crippen LogP contribution in [0.3, 0.4) is 0 Å². The maximum atomic E-state index is 13.3. The topological polar surface area (TPSA) is 106 Å². The van der Waals surface area contributed by atoms with Gasteiger partial charge in [0, 0.05) is 19.3 Å². The van der Waals surface area contributed by atoms with E-state index in [9.17, 15) is 22.8 Å². The van der Waals surface area contributed by atoms with Gasteiger partial charge in [-0.15, -0.1) is 0 Å². The normalized spacial score (nSPS) is 11.7. The number of amides is 2. The van der Waals surface area contributed by atoms with Crippen molar-refractivity contribution < 1.29 is 22.8 Å². The van der Waals surface area contributed by atoms with Gasteiger partial charge in [0.2, 0.25) is 0 Å². The predicted octanol–water partition coefficient (Wildman–Crippen LogP) is 2.84. The lowest BCUT2D eigenvalue weighted by molar-refractivity contribution is -0.142. The van der Waals surface area contributed by atoms with E-state index in [1.807, 2.05) is 6.92 Å². The quantitative estimate of drug-likeness (QED) is 0.630. The first-order chi connectivity index (χ1) is 14.0. The fourth-order valence-electron chi connectivity index (χ4n) is 2.76. The molecule has 0 saturated heterocycles. The standard InChI is InChI=1S/C17H17ClF3N7O2/c1-4-5-22-16(30)13-9(7-23-27(13)3)25-15(29)12-11(18)14-24-8(2)6-10(17(19,20)21)28(14)26-12/h6-7H,4-5H2,1-3H3,(H,22,30)(H,25,29). The molecule has 2 N–H and O–H groups in total. The van der Waals surface area contributed by atoms with Crippen LogP contribution in [-0.2, 0) is 13.2 Å². The Kier molecular flexibility index (Phi) is 5.70. The second kappa shape index (κ2) is 7.94. The van der Waals surface area contributed by atoms with Crippen LogP contribution in [0.1, 0.15) is 45.7 Å². The molecule has 0 radical (unpaired) electrons. The van der Waals surface area contributed by atoms with Gasteiger partial charge in [0.15, 0.2) is 11.3 Å². The van der Waals surface area contributed by atoms with Crippen LogP contribution in [0.15, 0.2) is 12.3 Å². The first-order valence-electron chi connectivity index (χ1n) is 8.79. The van der Waals surface area contributed by atoms with Crippen molar-refractivity contribution in [2.45, 2.75) is 26.4 Å². The molecule has 160 valence electrons. The largest absolute Gasteiger partial charge is 0.433 e. The second-order valence-electron chi connectivity index (χ2n) is 6.42. The van der Waals surface area contributed by atoms with Crippen LogP contribution in [0, 0.1) is 6.92 Å². The molecule has 3 rings (SSSR count). The third-order valence-corrected chi connectivity index (χ3v) is 4.45. The van der Waals surface area contributed by atoms with Crippen molar-refractivity contribution in [3.8, 4) is 0 Å². The summed E-state index contributed by atoms with van der Waals surface area (Å²) in [7, 11) is 1.51. The molecule has 2 amide bonds. The van der Waals surface area contributed by atoms with Gasteiger partial charge in [-0.25, -0.2) is 9.50 Å². The highest BCUT2D eigenvalue weighted by atomic mass is 35.5. The number of aromatic nitrogens is 5. The Balaban J connectivity index is 2.00. The number of fused-ring (bicyclic) bond motifs is 1. The highest BCUT2D eigenvalue weighted by Gasteiger charge is 2.36. The fourth-order valence-corrected chi connectivity index (χ4v) is 3.01. The zero-order valence-corrected chi connectivity index (χ0v) is 16.9. The molecule has 0 atom stereocenters. The van der Waals surface area contributed by atoms with Crippen LogP contribution in [0.25, 0.3) is 5.65 Å². The number of aryl methyl sites for hydroxylation is 2. The summed E-state index contributed by atoms with van der Waals surface area (Å²) in [6, 6.07) is 0.801. The molecule has 13 heteroatoms. The third kappa shape index (κ3) is 3.95. The average Bonchev–Trinajstić information content (AvgIpc) is 3.18. The van der Waals surface area contributed by atoms with Crippen molar-refractivity contribution in [3.05, 3.63) is 40.1 Å². The smallest absolute Gasteiger partial charge is 0.351 e. The van der Waals surface area contributed by atoms with Crippen molar-refractivity contribution in [1.29, 1.82) is 0 Å². The van der Waals surface area contributed by atoms with Crippen LogP contribution >= 0.6 is 11.6 Å². The maximum absolute atomic E-state index is 13.3. The number of anilines is 1. The summed E-state index contributed by atoms with van der Waals surface area (Å²) in [6.07, 6.45) is -2.79. The molecule has 3 aromatic rings. The summed E-state index contributed by atoms with van der Waals surface area (Å²) in [5.41, 5.74) is -1.70. The van der Waals surface area contributed by atoms with Gasteiger partial charge in [-0.1, -0.05) is 18.5 Å². The molecule has 0 aliphatic carbocycles. The molecule has 0 fully saturated rings. The molecule has 0 bridgehead atoms. The fraction of sp³-hybridized carbons (Fsp3) is 0.353. The zero-order chi connectivity index (χ0) is 22.2. The Hall–Kier alpha value is -3.15. The van der Waals surface area contributed by atoms with E-state index >= 15 is 0 Å². The number of hydrogen-bond donors (Lipinski definition) is 2. The van der Waals surface area contributed by atoms with Crippen molar-refractivity contribution in [2.24, 2.45) is 7.05 Å². The van der Waals surface area contributed by atoms with E-state index in [0.29, 0.717) is 17.5 Å². The molecule has 0 unspecified atom stereocenters. The SMILES string of the molecule is CCCNC(=O)c1c(NC(=O)c2nn3c(C(F)(F)F)cc(C)nc3c2Cl)cnn1C. The van der Waals surface area contributed by atoms with Gasteiger partial charge in [-0.3, -0.25) is 14.3 Å². The molecular weight excluding hydrogens is 427 g/mol. The van der Waals surface area contributed by atoms with E-state index in [4.69, 9.17) is 11.6 Å². The van der Waals surface area contributed by atoms with Crippen molar-refractivity contribution in [3.63, 3.8) is 0 Å². The van der Waals surface area contributed by atoms with E-state index < -0.39 is 29.4 Å². The molecule has 0 spiro atoms. The summed E-state index contributed by atoms with van der Waals surface area (Å²) in [5.74, 6) is -1.38. The number of rotatable bonds is 5. The van der Waals surface area contributed by atoms with Crippen LogP contribution in [0.2, 0.25) is 5.02 Å². The molecule has 0 aliphatic rings. The number of nitrogens with zero attached hydrogens (tertiary/aromatic N) is 5. The second-order valence-corrected chi connectivity index (χ2v) is 6.80. The van der Waals surface area contributed by atoms with Crippen LogP contribution in [-0.4, -0.2) is 42.7 Å². The lowest BCUT2D eigenvalue weighted by Crippen LogP contribution is -2.27. The Morgan fingerprint density at radius 1 is 1.27 bits per heavy atom. The summed E-state index contributed by atoms with van der Waals surface area (Å²) in [4.78, 5) is 29.0. The molecule has 0 aliphatic heterocycles. The highest BCUT2D eigenvalue weighted by molar-refractivity contribution is 6.37. The monoisotopic (exact) mass is 443 g/mol. The summed E-state index contributed by atoms with van der Waals surface area (Å²) in [5, 5.41) is 12.4. The van der Waals surface area contributed by atoms with E-state index in [1.54, 1.807) is 0 Å². The number of halogens is 4. The summed E-state index contributed by atoms with van der Waals surface area (Å²) in [6.45, 7) is 3.67. The average molecular weight is 444 g/mol. The van der Waals surface area contributed by atoms with Crippen molar-refractivity contribution in [1.82, 2.24) is 29.7 Å². The lowest BCUT2D eigenvalue weighted by Gasteiger charge is -2.09. The van der Waals surface area contributed by atoms with Crippen molar-refractivity contribution in [2.75, 3.05) is 11.9 Å². The summed E-state index contributed by atoms with van der Waals surface area (Å²) < 4.78 is 41.8. The maximum Gasteiger partial charge on any atom is 0.433 e. The molecule has 30 heavy (non-hydrogen) atoms. The molecule has 3 heterocycles. The van der Waals surface area contributed by atoms with Gasteiger partial charge in [-0.2, -0.15) is 23.4 Å². The van der Waals surface area contributed by atoms with Crippen molar-refractivity contribution >= 4 is 34.7 Å². The Morgan fingerprint density at radius 2 is 1.97 bits per heavy atom. The lowest BCUT2D eigenvalue weighted by atomic mass is 10.3. The number of alkyl halides is 3. The molecule has 3 aromatic heterocycles. The number of hydrogen-bond acceptors (Lipinski definition) is 5. The van der Waals surface area contributed by atoms with Gasteiger partial charge >= 0.3 is 6.18 Å². The van der Waals surface area contributed by atoms with Gasteiger partial charge in [-0.05, 0) is 19.4 Å². The van der Waals surface area contributed by atoms with E-state index in [2.05, 4.69) is 25.8 Å². The third-order valence-electron chi connectivity index (χ3n) is 4.10. The summed E-state index contributed by atoms with van der Waals surface area (Å²) >= 11 is 6.11. The van der Waals surface area contributed by atoms with E-state index in [0.717, 1.165) is 6.07 Å². The minimum Gasteiger partial charge on any atom is -0.351 e. The van der Waals surface area contributed by atoms with E-state index in [-0.39, 0.29) is 27.7 Å². The Morgan fingerprint density at radius 3 is 2.60 bits per heavy atom. The van der Waals surface area contributed by atoms with Gasteiger partial charge in [0.05, 0.1) is 11.9 Å². The number of carbonyl (C=O) groups excluding carboxylic acids is 2. The number of nitrogens with one attached hydrogen (secondary N) is 2. The van der Waals surface area contributed by atoms with Crippen LogP contribution < -0.4 is 10.6 Å². The number of carbonyl (C=O) groups is 2. The van der Waals surface area contributed by atoms with E-state index in [1.165, 1.54) is 24.9 Å². The molecule has 0 aromatic carbocycles. The minimum absolute atomic E-state index is 0.0596. The Bertz CT molecular complexity index is 1140. The predicted molar refractivity (Wildman–Crippen MR) is 102 cm³/mol. The van der Waals surface area contributed by atoms with Gasteiger partial charge in [0.1, 0.15) is 16.4 Å². The van der Waals surface area contributed by atoms with Gasteiger partial charge in [0.25, 0.3) is 11.8 Å².